The number of nitrogens with zero attached hydrogens (tertiary/aromatic N) is 1. The Labute approximate surface area is 81.8 Å². The molecule has 4 nitrogen and oxygen atoms in total. The molecule has 1 aromatic rings. The minimum Gasteiger partial charge on any atom is -0.497 e. The molecule has 0 unspecified atom stereocenters. The number of hydrogen-bond acceptors (Lipinski definition) is 4. The number of oxime groups is 1. The van der Waals surface area contributed by atoms with Gasteiger partial charge in [-0.3, -0.25) is 4.79 Å². The number of benzene rings is 1. The van der Waals surface area contributed by atoms with Gasteiger partial charge < -0.3 is 9.94 Å². The van der Waals surface area contributed by atoms with Crippen molar-refractivity contribution in [3.05, 3.63) is 29.8 Å². The van der Waals surface area contributed by atoms with Crippen molar-refractivity contribution >= 4 is 12.0 Å². The van der Waals surface area contributed by atoms with Crippen LogP contribution in [0.1, 0.15) is 16.8 Å². The van der Waals surface area contributed by atoms with Gasteiger partial charge in [-0.15, -0.1) is 5.16 Å². The van der Waals surface area contributed by atoms with Crippen molar-refractivity contribution in [2.75, 3.05) is 7.11 Å². The summed E-state index contributed by atoms with van der Waals surface area (Å²) in [6, 6.07) is 6.77. The van der Waals surface area contributed by atoms with Gasteiger partial charge >= 0.3 is 0 Å². The second-order valence-corrected chi connectivity index (χ2v) is 2.65. The number of carbonyl (C=O) groups excluding carboxylic acids is 1. The molecule has 0 aliphatic carbocycles. The molecule has 1 N–H and O–H groups in total. The van der Waals surface area contributed by atoms with Crippen LogP contribution in [0.15, 0.2) is 29.4 Å². The summed E-state index contributed by atoms with van der Waals surface area (Å²) < 4.78 is 4.95. The average Bonchev–Trinajstić information content (AvgIpc) is 2.26. The molecule has 0 aliphatic rings. The molecule has 0 saturated carbocycles. The summed E-state index contributed by atoms with van der Waals surface area (Å²) in [6.45, 7) is 0. The minimum absolute atomic E-state index is 0.0922. The van der Waals surface area contributed by atoms with E-state index >= 15 is 0 Å². The lowest BCUT2D eigenvalue weighted by Gasteiger charge is -2.00. The molecule has 0 aliphatic heterocycles. The summed E-state index contributed by atoms with van der Waals surface area (Å²) in [5, 5.41) is 10.9. The third kappa shape index (κ3) is 2.58. The molecule has 0 bridgehead atoms. The molecule has 0 heterocycles. The molecule has 0 aromatic heterocycles. The summed E-state index contributed by atoms with van der Waals surface area (Å²) in [5.41, 5.74) is 0.575. The Bertz CT molecular complexity index is 330. The third-order valence-electron chi connectivity index (χ3n) is 1.77. The van der Waals surface area contributed by atoms with Gasteiger partial charge in [-0.1, -0.05) is 0 Å². The largest absolute Gasteiger partial charge is 0.497 e. The first kappa shape index (κ1) is 10.2. The Kier molecular flexibility index (Phi) is 3.67. The van der Waals surface area contributed by atoms with E-state index in [0.29, 0.717) is 11.3 Å². The standard InChI is InChI=1S/C10H11NO3/c1-14-9-4-2-8(3-5-9)10(12)6-7-11-13/h2-5,7,13H,6H2,1H3. The number of ether oxygens (including phenoxy) is 1. The zero-order valence-electron chi connectivity index (χ0n) is 7.80. The molecular weight excluding hydrogens is 182 g/mol. The second-order valence-electron chi connectivity index (χ2n) is 2.65. The monoisotopic (exact) mass is 193 g/mol. The van der Waals surface area contributed by atoms with E-state index in [1.165, 1.54) is 0 Å². The number of Topliss-reactive ketones (excluding diaryl/α,β-unsaturated/α-hetero) is 1. The molecule has 0 amide bonds. The molecule has 0 radical (unpaired) electrons. The lowest BCUT2D eigenvalue weighted by atomic mass is 10.1. The summed E-state index contributed by atoms with van der Waals surface area (Å²) in [5.74, 6) is 0.614. The molecule has 74 valence electrons. The van der Waals surface area contributed by atoms with Crippen molar-refractivity contribution in [2.45, 2.75) is 6.42 Å². The molecule has 4 heteroatoms. The Balaban J connectivity index is 2.71. The van der Waals surface area contributed by atoms with Gasteiger partial charge in [0.25, 0.3) is 0 Å². The first-order valence-corrected chi connectivity index (χ1v) is 4.11. The second kappa shape index (κ2) is 5.01. The van der Waals surface area contributed by atoms with Crippen LogP contribution in [0.5, 0.6) is 5.75 Å². The molecule has 1 aromatic carbocycles. The highest BCUT2D eigenvalue weighted by Crippen LogP contribution is 2.12. The van der Waals surface area contributed by atoms with Gasteiger partial charge in [0, 0.05) is 12.0 Å². The SMILES string of the molecule is COc1ccc(C(=O)CC=NO)cc1. The van der Waals surface area contributed by atoms with Crippen LogP contribution in [0.4, 0.5) is 0 Å². The summed E-state index contributed by atoms with van der Waals surface area (Å²) >= 11 is 0. The number of ketones is 1. The van der Waals surface area contributed by atoms with E-state index in [1.807, 2.05) is 0 Å². The van der Waals surface area contributed by atoms with Gasteiger partial charge in [0.1, 0.15) is 5.75 Å². The van der Waals surface area contributed by atoms with Gasteiger partial charge in [-0.2, -0.15) is 0 Å². The highest BCUT2D eigenvalue weighted by atomic mass is 16.5. The summed E-state index contributed by atoms with van der Waals surface area (Å²) in [7, 11) is 1.56. The first-order valence-electron chi connectivity index (χ1n) is 4.11. The van der Waals surface area contributed by atoms with Crippen LogP contribution < -0.4 is 4.74 Å². The molecule has 0 saturated heterocycles. The van der Waals surface area contributed by atoms with Crippen molar-refractivity contribution in [2.24, 2.45) is 5.16 Å². The van der Waals surface area contributed by atoms with Crippen molar-refractivity contribution in [3.8, 4) is 5.75 Å². The smallest absolute Gasteiger partial charge is 0.168 e. The van der Waals surface area contributed by atoms with E-state index < -0.39 is 0 Å². The lowest BCUT2D eigenvalue weighted by molar-refractivity contribution is 0.100. The zero-order valence-corrected chi connectivity index (χ0v) is 7.80. The Morgan fingerprint density at radius 2 is 2.14 bits per heavy atom. The number of carbonyl (C=O) groups is 1. The van der Waals surface area contributed by atoms with Crippen LogP contribution in [0.2, 0.25) is 0 Å². The highest BCUT2D eigenvalue weighted by molar-refractivity contribution is 6.03. The van der Waals surface area contributed by atoms with Crippen LogP contribution in [-0.4, -0.2) is 24.3 Å². The maximum absolute atomic E-state index is 11.4. The predicted molar refractivity (Wildman–Crippen MR) is 52.2 cm³/mol. The van der Waals surface area contributed by atoms with Gasteiger partial charge in [-0.25, -0.2) is 0 Å². The van der Waals surface area contributed by atoms with E-state index in [4.69, 9.17) is 9.94 Å². The van der Waals surface area contributed by atoms with E-state index in [0.717, 1.165) is 6.21 Å². The van der Waals surface area contributed by atoms with Crippen LogP contribution in [0.3, 0.4) is 0 Å². The Morgan fingerprint density at radius 1 is 1.50 bits per heavy atom. The fourth-order valence-electron chi connectivity index (χ4n) is 1.02. The zero-order chi connectivity index (χ0) is 10.4. The van der Waals surface area contributed by atoms with Crippen LogP contribution >= 0.6 is 0 Å². The number of rotatable bonds is 4. The fraction of sp³-hybridized carbons (Fsp3) is 0.200. The maximum atomic E-state index is 11.4. The molecule has 0 spiro atoms. The highest BCUT2D eigenvalue weighted by Gasteiger charge is 2.03. The Hall–Kier alpha value is -1.84. The lowest BCUT2D eigenvalue weighted by Crippen LogP contribution is -1.99. The van der Waals surface area contributed by atoms with Crippen molar-refractivity contribution in [1.82, 2.24) is 0 Å². The van der Waals surface area contributed by atoms with Gasteiger partial charge in [0.2, 0.25) is 0 Å². The summed E-state index contributed by atoms with van der Waals surface area (Å²) in [4.78, 5) is 11.4. The van der Waals surface area contributed by atoms with Crippen LogP contribution in [-0.2, 0) is 0 Å². The normalized spacial score (nSPS) is 10.4. The van der Waals surface area contributed by atoms with Crippen molar-refractivity contribution in [3.63, 3.8) is 0 Å². The maximum Gasteiger partial charge on any atom is 0.168 e. The van der Waals surface area contributed by atoms with E-state index in [2.05, 4.69) is 5.16 Å². The molecule has 1 rings (SSSR count). The number of hydrogen-bond donors (Lipinski definition) is 1. The fourth-order valence-corrected chi connectivity index (χ4v) is 1.02. The van der Waals surface area contributed by atoms with Crippen molar-refractivity contribution in [1.29, 1.82) is 0 Å². The average molecular weight is 193 g/mol. The van der Waals surface area contributed by atoms with E-state index in [-0.39, 0.29) is 12.2 Å². The van der Waals surface area contributed by atoms with Gasteiger partial charge in [0.15, 0.2) is 5.78 Å². The number of methoxy groups -OCH3 is 1. The topological polar surface area (TPSA) is 58.9 Å². The van der Waals surface area contributed by atoms with Crippen LogP contribution in [0.25, 0.3) is 0 Å². The van der Waals surface area contributed by atoms with E-state index in [9.17, 15) is 4.79 Å². The quantitative estimate of drug-likeness (QED) is 0.343. The first-order chi connectivity index (χ1) is 6.77. The summed E-state index contributed by atoms with van der Waals surface area (Å²) in [6.07, 6.45) is 1.26. The molecule has 14 heavy (non-hydrogen) atoms. The minimum atomic E-state index is -0.0922. The third-order valence-corrected chi connectivity index (χ3v) is 1.77. The van der Waals surface area contributed by atoms with Crippen molar-refractivity contribution < 1.29 is 14.7 Å². The Morgan fingerprint density at radius 3 is 2.64 bits per heavy atom. The van der Waals surface area contributed by atoms with Crippen LogP contribution in [0, 0.1) is 0 Å². The molecular formula is C10H11NO3. The predicted octanol–water partition coefficient (Wildman–Crippen LogP) is 1.73. The van der Waals surface area contributed by atoms with E-state index in [1.54, 1.807) is 31.4 Å². The van der Waals surface area contributed by atoms with Gasteiger partial charge in [0.05, 0.1) is 13.3 Å². The molecule has 0 atom stereocenters. The van der Waals surface area contributed by atoms with Gasteiger partial charge in [-0.05, 0) is 24.3 Å². The molecule has 0 fully saturated rings.